The first-order valence-corrected chi connectivity index (χ1v) is 8.36. The van der Waals surface area contributed by atoms with E-state index in [-0.39, 0.29) is 5.75 Å². The van der Waals surface area contributed by atoms with Gasteiger partial charge in [-0.25, -0.2) is 8.42 Å². The van der Waals surface area contributed by atoms with Crippen molar-refractivity contribution in [2.45, 2.75) is 50.0 Å². The maximum atomic E-state index is 11.7. The van der Waals surface area contributed by atoms with Crippen molar-refractivity contribution >= 4 is 15.5 Å². The molecule has 100 valence electrons. The van der Waals surface area contributed by atoms with E-state index >= 15 is 0 Å². The summed E-state index contributed by atoms with van der Waals surface area (Å²) in [5, 5.41) is 3.48. The molecule has 1 N–H and O–H groups in total. The fourth-order valence-corrected chi connectivity index (χ4v) is 3.29. The van der Waals surface area contributed by atoms with Crippen LogP contribution in [0.4, 0.5) is 5.69 Å². The highest BCUT2D eigenvalue weighted by Gasteiger charge is 2.14. The van der Waals surface area contributed by atoms with Crippen LogP contribution in [0.1, 0.15) is 39.0 Å². The van der Waals surface area contributed by atoms with E-state index in [0.717, 1.165) is 5.69 Å². The molecular weight excluding hydrogens is 246 g/mol. The normalized spacial score (nSPS) is 17.6. The van der Waals surface area contributed by atoms with Gasteiger partial charge >= 0.3 is 0 Å². The fraction of sp³-hybridized carbons (Fsp3) is 0.571. The summed E-state index contributed by atoms with van der Waals surface area (Å²) < 4.78 is 23.4. The predicted octanol–water partition coefficient (Wildman–Crippen LogP) is 3.22. The Balaban J connectivity index is 2.03. The fourth-order valence-electron chi connectivity index (χ4n) is 2.41. The molecule has 18 heavy (non-hydrogen) atoms. The first-order chi connectivity index (χ1) is 8.62. The van der Waals surface area contributed by atoms with Crippen molar-refractivity contribution in [3.63, 3.8) is 0 Å². The summed E-state index contributed by atoms with van der Waals surface area (Å²) in [6, 6.07) is 7.69. The summed E-state index contributed by atoms with van der Waals surface area (Å²) in [6.45, 7) is 1.67. The standard InChI is InChI=1S/C14H21NO2S/c1-2-18(16,17)14-10-8-13(9-11-14)15-12-6-4-3-5-7-12/h8-12,15H,2-7H2,1H3. The number of rotatable bonds is 4. The summed E-state index contributed by atoms with van der Waals surface area (Å²) in [7, 11) is -3.08. The molecule has 1 saturated carbocycles. The number of sulfone groups is 1. The molecule has 2 rings (SSSR count). The molecular formula is C14H21NO2S. The second-order valence-electron chi connectivity index (χ2n) is 4.91. The molecule has 0 aliphatic heterocycles. The molecule has 0 radical (unpaired) electrons. The van der Waals surface area contributed by atoms with Gasteiger partial charge in [-0.15, -0.1) is 0 Å². The predicted molar refractivity (Wildman–Crippen MR) is 74.7 cm³/mol. The molecule has 1 aromatic carbocycles. The second kappa shape index (κ2) is 5.74. The molecule has 0 bridgehead atoms. The van der Waals surface area contributed by atoms with Crippen LogP contribution in [0.3, 0.4) is 0 Å². The summed E-state index contributed by atoms with van der Waals surface area (Å²) in [6.07, 6.45) is 6.36. The maximum absolute atomic E-state index is 11.7. The van der Waals surface area contributed by atoms with E-state index in [2.05, 4.69) is 5.32 Å². The minimum atomic E-state index is -3.08. The van der Waals surface area contributed by atoms with Gasteiger partial charge in [0.05, 0.1) is 10.6 Å². The lowest BCUT2D eigenvalue weighted by molar-refractivity contribution is 0.463. The monoisotopic (exact) mass is 267 g/mol. The zero-order valence-corrected chi connectivity index (χ0v) is 11.7. The summed E-state index contributed by atoms with van der Waals surface area (Å²) in [4.78, 5) is 0.416. The quantitative estimate of drug-likeness (QED) is 0.911. The molecule has 0 unspecified atom stereocenters. The molecule has 0 amide bonds. The summed E-state index contributed by atoms with van der Waals surface area (Å²) >= 11 is 0. The van der Waals surface area contributed by atoms with Crippen LogP contribution in [0.25, 0.3) is 0 Å². The third kappa shape index (κ3) is 3.25. The molecule has 0 heterocycles. The lowest BCUT2D eigenvalue weighted by atomic mass is 9.95. The minimum absolute atomic E-state index is 0.155. The van der Waals surface area contributed by atoms with Gasteiger partial charge in [-0.05, 0) is 37.1 Å². The van der Waals surface area contributed by atoms with E-state index in [1.807, 2.05) is 12.1 Å². The van der Waals surface area contributed by atoms with Gasteiger partial charge in [0, 0.05) is 11.7 Å². The third-order valence-corrected chi connectivity index (χ3v) is 5.32. The average molecular weight is 267 g/mol. The topological polar surface area (TPSA) is 46.2 Å². The van der Waals surface area contributed by atoms with Crippen molar-refractivity contribution in [1.82, 2.24) is 0 Å². The average Bonchev–Trinajstić information content (AvgIpc) is 2.40. The molecule has 1 aliphatic carbocycles. The van der Waals surface area contributed by atoms with Crippen LogP contribution in [-0.4, -0.2) is 20.2 Å². The maximum Gasteiger partial charge on any atom is 0.178 e. The van der Waals surface area contributed by atoms with E-state index < -0.39 is 9.84 Å². The van der Waals surface area contributed by atoms with Crippen LogP contribution in [0.15, 0.2) is 29.2 Å². The molecule has 1 aliphatic rings. The molecule has 0 aromatic heterocycles. The van der Waals surface area contributed by atoms with Crippen molar-refractivity contribution in [3.05, 3.63) is 24.3 Å². The Bertz CT molecular complexity index is 473. The smallest absolute Gasteiger partial charge is 0.178 e. The zero-order chi connectivity index (χ0) is 13.0. The SMILES string of the molecule is CCS(=O)(=O)c1ccc(NC2CCCCC2)cc1. The van der Waals surface area contributed by atoms with Crippen LogP contribution >= 0.6 is 0 Å². The van der Waals surface area contributed by atoms with Gasteiger partial charge in [-0.2, -0.15) is 0 Å². The number of benzene rings is 1. The van der Waals surface area contributed by atoms with Crippen molar-refractivity contribution in [1.29, 1.82) is 0 Å². The first-order valence-electron chi connectivity index (χ1n) is 6.71. The van der Waals surface area contributed by atoms with Gasteiger partial charge in [-0.1, -0.05) is 26.2 Å². The molecule has 1 fully saturated rings. The van der Waals surface area contributed by atoms with Crippen LogP contribution in [0.2, 0.25) is 0 Å². The van der Waals surface area contributed by atoms with Crippen LogP contribution in [-0.2, 0) is 9.84 Å². The third-order valence-electron chi connectivity index (χ3n) is 3.57. The van der Waals surface area contributed by atoms with Gasteiger partial charge in [0.2, 0.25) is 0 Å². The lowest BCUT2D eigenvalue weighted by Crippen LogP contribution is -2.22. The number of hydrogen-bond acceptors (Lipinski definition) is 3. The van der Waals surface area contributed by atoms with Crippen LogP contribution < -0.4 is 5.32 Å². The Morgan fingerprint density at radius 1 is 1.11 bits per heavy atom. The molecule has 4 heteroatoms. The van der Waals surface area contributed by atoms with Crippen LogP contribution in [0, 0.1) is 0 Å². The second-order valence-corrected chi connectivity index (χ2v) is 7.19. The Morgan fingerprint density at radius 2 is 1.72 bits per heavy atom. The van der Waals surface area contributed by atoms with Gasteiger partial charge in [0.1, 0.15) is 0 Å². The Morgan fingerprint density at radius 3 is 2.28 bits per heavy atom. The molecule has 1 aromatic rings. The van der Waals surface area contributed by atoms with Crippen LogP contribution in [0.5, 0.6) is 0 Å². The van der Waals surface area contributed by atoms with E-state index in [9.17, 15) is 8.42 Å². The minimum Gasteiger partial charge on any atom is -0.382 e. The van der Waals surface area contributed by atoms with E-state index in [1.54, 1.807) is 19.1 Å². The van der Waals surface area contributed by atoms with Crippen molar-refractivity contribution in [2.24, 2.45) is 0 Å². The molecule has 0 atom stereocenters. The molecule has 0 spiro atoms. The van der Waals surface area contributed by atoms with Gasteiger partial charge in [0.15, 0.2) is 9.84 Å². The highest BCUT2D eigenvalue weighted by molar-refractivity contribution is 7.91. The number of anilines is 1. The van der Waals surface area contributed by atoms with E-state index in [0.29, 0.717) is 10.9 Å². The van der Waals surface area contributed by atoms with Crippen molar-refractivity contribution in [2.75, 3.05) is 11.1 Å². The Hall–Kier alpha value is -1.03. The zero-order valence-electron chi connectivity index (χ0n) is 10.9. The largest absolute Gasteiger partial charge is 0.382 e. The number of nitrogens with one attached hydrogen (secondary N) is 1. The first kappa shape index (κ1) is 13.4. The summed E-state index contributed by atoms with van der Waals surface area (Å²) in [5.41, 5.74) is 1.02. The van der Waals surface area contributed by atoms with E-state index in [4.69, 9.17) is 0 Å². The molecule has 3 nitrogen and oxygen atoms in total. The van der Waals surface area contributed by atoms with Crippen molar-refractivity contribution in [3.8, 4) is 0 Å². The Kier molecular flexibility index (Phi) is 4.27. The number of hydrogen-bond donors (Lipinski definition) is 1. The highest BCUT2D eigenvalue weighted by Crippen LogP contribution is 2.22. The van der Waals surface area contributed by atoms with Gasteiger partial charge < -0.3 is 5.32 Å². The highest BCUT2D eigenvalue weighted by atomic mass is 32.2. The molecule has 0 saturated heterocycles. The van der Waals surface area contributed by atoms with E-state index in [1.165, 1.54) is 32.1 Å². The van der Waals surface area contributed by atoms with Gasteiger partial charge in [-0.3, -0.25) is 0 Å². The lowest BCUT2D eigenvalue weighted by Gasteiger charge is -2.23. The summed E-state index contributed by atoms with van der Waals surface area (Å²) in [5.74, 6) is 0.155. The van der Waals surface area contributed by atoms with Gasteiger partial charge in [0.25, 0.3) is 0 Å². The van der Waals surface area contributed by atoms with Crippen molar-refractivity contribution < 1.29 is 8.42 Å². The Labute approximate surface area is 110 Å².